The van der Waals surface area contributed by atoms with E-state index in [1.807, 2.05) is 6.92 Å². The second-order valence-corrected chi connectivity index (χ2v) is 11.5. The molecule has 0 aliphatic heterocycles. The summed E-state index contributed by atoms with van der Waals surface area (Å²) in [5, 5.41) is 31.8. The van der Waals surface area contributed by atoms with Crippen LogP contribution in [0.15, 0.2) is 12.2 Å². The quantitative estimate of drug-likeness (QED) is 0.481. The fourth-order valence-electron chi connectivity index (χ4n) is 8.52. The van der Waals surface area contributed by atoms with Gasteiger partial charge in [0.25, 0.3) is 0 Å². The van der Waals surface area contributed by atoms with Crippen molar-refractivity contribution in [3.8, 4) is 0 Å². The minimum Gasteiger partial charge on any atom is -0.459 e. The molecule has 3 N–H and O–H groups in total. The van der Waals surface area contributed by atoms with Gasteiger partial charge in [0.1, 0.15) is 6.10 Å². The zero-order chi connectivity index (χ0) is 22.0. The van der Waals surface area contributed by atoms with E-state index in [-0.39, 0.29) is 28.8 Å². The number of rotatable bonds is 3. The van der Waals surface area contributed by atoms with Crippen LogP contribution in [-0.4, -0.2) is 45.7 Å². The van der Waals surface area contributed by atoms with Crippen LogP contribution in [0.4, 0.5) is 0 Å². The average Bonchev–Trinajstić information content (AvgIpc) is 2.93. The molecule has 0 bridgehead atoms. The fraction of sp³-hybridized carbons (Fsp3) is 0.880. The van der Waals surface area contributed by atoms with Gasteiger partial charge >= 0.3 is 5.97 Å². The van der Waals surface area contributed by atoms with E-state index in [4.69, 9.17) is 4.74 Å². The van der Waals surface area contributed by atoms with Gasteiger partial charge in [-0.1, -0.05) is 20.4 Å². The van der Waals surface area contributed by atoms with Gasteiger partial charge in [-0.25, -0.2) is 4.79 Å². The highest BCUT2D eigenvalue weighted by atomic mass is 16.5. The maximum atomic E-state index is 12.1. The van der Waals surface area contributed by atoms with Crippen molar-refractivity contribution in [3.63, 3.8) is 0 Å². The Hall–Kier alpha value is -0.910. The molecule has 30 heavy (non-hydrogen) atoms. The van der Waals surface area contributed by atoms with Gasteiger partial charge in [0, 0.05) is 11.5 Å². The van der Waals surface area contributed by atoms with Gasteiger partial charge in [-0.2, -0.15) is 0 Å². The van der Waals surface area contributed by atoms with Gasteiger partial charge in [-0.3, -0.25) is 0 Å². The van der Waals surface area contributed by atoms with Crippen LogP contribution in [0.5, 0.6) is 0 Å². The molecule has 4 aliphatic rings. The van der Waals surface area contributed by atoms with Crippen molar-refractivity contribution in [2.45, 2.75) is 97.1 Å². The van der Waals surface area contributed by atoms with Gasteiger partial charge in [0.05, 0.1) is 18.3 Å². The van der Waals surface area contributed by atoms with Crippen LogP contribution in [0.25, 0.3) is 0 Å². The van der Waals surface area contributed by atoms with E-state index in [1.165, 1.54) is 0 Å². The topological polar surface area (TPSA) is 87.0 Å². The zero-order valence-corrected chi connectivity index (χ0v) is 19.0. The first-order chi connectivity index (χ1) is 14.0. The lowest BCUT2D eigenvalue weighted by atomic mass is 9.44. The van der Waals surface area contributed by atoms with Crippen molar-refractivity contribution in [2.24, 2.45) is 40.4 Å². The summed E-state index contributed by atoms with van der Waals surface area (Å²) in [6.07, 6.45) is 4.46. The molecule has 0 unspecified atom stereocenters. The summed E-state index contributed by atoms with van der Waals surface area (Å²) in [6, 6.07) is 0. The third kappa shape index (κ3) is 3.27. The maximum Gasteiger partial charge on any atom is 0.333 e. The van der Waals surface area contributed by atoms with E-state index in [9.17, 15) is 20.1 Å². The fourth-order valence-corrected chi connectivity index (χ4v) is 8.52. The van der Waals surface area contributed by atoms with Crippen molar-refractivity contribution in [2.75, 3.05) is 0 Å². The van der Waals surface area contributed by atoms with Gasteiger partial charge in [-0.15, -0.1) is 0 Å². The normalized spacial score (nSPS) is 51.3. The van der Waals surface area contributed by atoms with E-state index in [0.29, 0.717) is 42.1 Å². The first kappa shape index (κ1) is 22.3. The Labute approximate surface area is 180 Å². The monoisotopic (exact) mass is 420 g/mol. The van der Waals surface area contributed by atoms with Crippen LogP contribution in [-0.2, 0) is 9.53 Å². The number of aliphatic hydroxyl groups excluding tert-OH is 3. The predicted octanol–water partition coefficient (Wildman–Crippen LogP) is 3.46. The molecule has 4 rings (SSSR count). The third-order valence-electron chi connectivity index (χ3n) is 9.94. The number of hydrogen-bond donors (Lipinski definition) is 3. The molecule has 0 spiro atoms. The summed E-state index contributed by atoms with van der Waals surface area (Å²) < 4.78 is 5.69. The van der Waals surface area contributed by atoms with E-state index in [2.05, 4.69) is 20.4 Å². The van der Waals surface area contributed by atoms with Crippen molar-refractivity contribution in [3.05, 3.63) is 12.2 Å². The lowest BCUT2D eigenvalue weighted by Gasteiger charge is -2.61. The Balaban J connectivity index is 1.57. The first-order valence-electron chi connectivity index (χ1n) is 11.9. The number of hydrogen-bond acceptors (Lipinski definition) is 5. The summed E-state index contributed by atoms with van der Waals surface area (Å²) in [4.78, 5) is 12.1. The molecular weight excluding hydrogens is 380 g/mol. The number of carbonyl (C=O) groups excluding carboxylic acids is 1. The van der Waals surface area contributed by atoms with Gasteiger partial charge in [0.2, 0.25) is 0 Å². The minimum absolute atomic E-state index is 0.0502. The molecule has 4 fully saturated rings. The highest BCUT2D eigenvalue weighted by Gasteiger charge is 2.63. The van der Waals surface area contributed by atoms with Crippen LogP contribution in [0, 0.1) is 40.4 Å². The van der Waals surface area contributed by atoms with Crippen molar-refractivity contribution in [1.29, 1.82) is 0 Å². The molecule has 5 nitrogen and oxygen atoms in total. The molecule has 4 aliphatic carbocycles. The first-order valence-corrected chi connectivity index (χ1v) is 11.9. The summed E-state index contributed by atoms with van der Waals surface area (Å²) in [5.41, 5.74) is 0.402. The van der Waals surface area contributed by atoms with Crippen LogP contribution < -0.4 is 0 Å². The van der Waals surface area contributed by atoms with Crippen molar-refractivity contribution in [1.82, 2.24) is 0 Å². The number of aliphatic hydroxyl groups is 3. The summed E-state index contributed by atoms with van der Waals surface area (Å²) in [6.45, 7) is 11.9. The molecule has 4 saturated carbocycles. The molecule has 0 heterocycles. The Bertz CT molecular complexity index is 706. The lowest BCUT2D eigenvalue weighted by Crippen LogP contribution is -2.57. The highest BCUT2D eigenvalue weighted by Crippen LogP contribution is 2.67. The third-order valence-corrected chi connectivity index (χ3v) is 9.94. The number of fused-ring (bicyclic) bond motifs is 5. The van der Waals surface area contributed by atoms with Crippen LogP contribution in [0.3, 0.4) is 0 Å². The second-order valence-electron chi connectivity index (χ2n) is 11.5. The summed E-state index contributed by atoms with van der Waals surface area (Å²) in [5.74, 6) is 1.49. The van der Waals surface area contributed by atoms with E-state index >= 15 is 0 Å². The average molecular weight is 421 g/mol. The number of ether oxygens (including phenoxy) is 1. The zero-order valence-electron chi connectivity index (χ0n) is 19.0. The smallest absolute Gasteiger partial charge is 0.333 e. The minimum atomic E-state index is -0.623. The Morgan fingerprint density at radius 2 is 1.70 bits per heavy atom. The van der Waals surface area contributed by atoms with Gasteiger partial charge < -0.3 is 20.1 Å². The molecule has 0 saturated heterocycles. The summed E-state index contributed by atoms with van der Waals surface area (Å²) >= 11 is 0. The SMILES string of the molecule is C=C(C)C(=O)O[C@H](C)[C@H]1[C@@H](O)C[C@H]2[C@@H]3CC[C@@H]4C[C@H](O)[C@H](O)C[C@]4(C)[C@H]3CC[C@]12C. The molecule has 0 amide bonds. The predicted molar refractivity (Wildman–Crippen MR) is 114 cm³/mol. The molecule has 0 radical (unpaired) electrons. The standard InChI is InChI=1S/C25H40O5/c1-13(2)23(29)30-14(3)22-20(27)11-18-16-7-6-15-10-19(26)21(28)12-25(15,5)17(16)8-9-24(18,22)4/h14-22,26-28H,1,6-12H2,2-5H3/t14-,15-,16-,17+,18+,19+,20+,21-,22+,24+,25+/m1/s1. The van der Waals surface area contributed by atoms with E-state index in [0.717, 1.165) is 32.1 Å². The molecular formula is C25H40O5. The highest BCUT2D eigenvalue weighted by molar-refractivity contribution is 5.87. The Kier molecular flexibility index (Phi) is 5.64. The molecule has 11 atom stereocenters. The lowest BCUT2D eigenvalue weighted by molar-refractivity contribution is -0.167. The Morgan fingerprint density at radius 3 is 2.37 bits per heavy atom. The van der Waals surface area contributed by atoms with Crippen LogP contribution in [0.1, 0.15) is 72.6 Å². The largest absolute Gasteiger partial charge is 0.459 e. The van der Waals surface area contributed by atoms with E-state index in [1.54, 1.807) is 6.92 Å². The molecule has 0 aromatic heterocycles. The second kappa shape index (κ2) is 7.60. The maximum absolute atomic E-state index is 12.1. The summed E-state index contributed by atoms with van der Waals surface area (Å²) in [7, 11) is 0. The van der Waals surface area contributed by atoms with Crippen molar-refractivity contribution >= 4 is 5.97 Å². The van der Waals surface area contributed by atoms with Gasteiger partial charge in [-0.05, 0) is 93.3 Å². The van der Waals surface area contributed by atoms with Crippen LogP contribution >= 0.6 is 0 Å². The van der Waals surface area contributed by atoms with Gasteiger partial charge in [0.15, 0.2) is 0 Å². The molecule has 170 valence electrons. The molecule has 5 heteroatoms. The number of esters is 1. The molecule has 0 aromatic carbocycles. The van der Waals surface area contributed by atoms with E-state index < -0.39 is 18.3 Å². The number of carbonyl (C=O) groups is 1. The van der Waals surface area contributed by atoms with Crippen LogP contribution in [0.2, 0.25) is 0 Å². The van der Waals surface area contributed by atoms with Crippen molar-refractivity contribution < 1.29 is 24.9 Å². The Morgan fingerprint density at radius 1 is 1.00 bits per heavy atom. The molecule has 0 aromatic rings.